The van der Waals surface area contributed by atoms with Crippen LogP contribution < -0.4 is 5.32 Å². The summed E-state index contributed by atoms with van der Waals surface area (Å²) in [5.41, 5.74) is 0.982. The molecular formula is C15H19N3O2S2. The number of hydrogen-bond donors (Lipinski definition) is 1. The van der Waals surface area contributed by atoms with E-state index in [4.69, 9.17) is 4.74 Å². The Kier molecular flexibility index (Phi) is 5.07. The van der Waals surface area contributed by atoms with E-state index < -0.39 is 0 Å². The molecule has 2 aromatic rings. The standard InChI is InChI=1S/C15H19N3O2S2/c1-2-16-15-17-12(10-21-15)13-4-3-11(22-13)9-14(19)18-5-7-20-8-6-18/h3-4,10H,2,5-9H2,1H3,(H,16,17). The molecule has 1 aliphatic heterocycles. The molecule has 0 radical (unpaired) electrons. The summed E-state index contributed by atoms with van der Waals surface area (Å²) in [6.07, 6.45) is 0.467. The quantitative estimate of drug-likeness (QED) is 0.911. The van der Waals surface area contributed by atoms with E-state index in [0.717, 1.165) is 27.1 Å². The van der Waals surface area contributed by atoms with Crippen molar-refractivity contribution in [1.82, 2.24) is 9.88 Å². The number of thiophene rings is 1. The highest BCUT2D eigenvalue weighted by Gasteiger charge is 2.18. The molecule has 1 saturated heterocycles. The van der Waals surface area contributed by atoms with Gasteiger partial charge in [0.25, 0.3) is 0 Å². The van der Waals surface area contributed by atoms with E-state index in [1.165, 1.54) is 0 Å². The highest BCUT2D eigenvalue weighted by Crippen LogP contribution is 2.31. The van der Waals surface area contributed by atoms with Crippen molar-refractivity contribution in [3.63, 3.8) is 0 Å². The molecule has 2 aromatic heterocycles. The summed E-state index contributed by atoms with van der Waals surface area (Å²) in [6, 6.07) is 4.09. The van der Waals surface area contributed by atoms with Gasteiger partial charge in [-0.25, -0.2) is 4.98 Å². The molecule has 5 nitrogen and oxygen atoms in total. The number of thiazole rings is 1. The molecule has 3 heterocycles. The van der Waals surface area contributed by atoms with Gasteiger partial charge in [-0.2, -0.15) is 0 Å². The summed E-state index contributed by atoms with van der Waals surface area (Å²) in [5, 5.41) is 6.21. The molecule has 22 heavy (non-hydrogen) atoms. The maximum atomic E-state index is 12.3. The largest absolute Gasteiger partial charge is 0.378 e. The van der Waals surface area contributed by atoms with Crippen molar-refractivity contribution in [2.24, 2.45) is 0 Å². The second-order valence-corrected chi connectivity index (χ2v) is 7.03. The number of aromatic nitrogens is 1. The number of nitrogens with one attached hydrogen (secondary N) is 1. The molecule has 1 fully saturated rings. The van der Waals surface area contributed by atoms with Crippen molar-refractivity contribution < 1.29 is 9.53 Å². The lowest BCUT2D eigenvalue weighted by atomic mass is 10.3. The van der Waals surface area contributed by atoms with Gasteiger partial charge in [0, 0.05) is 29.9 Å². The third kappa shape index (κ3) is 3.66. The minimum atomic E-state index is 0.184. The lowest BCUT2D eigenvalue weighted by Gasteiger charge is -2.26. The van der Waals surface area contributed by atoms with Gasteiger partial charge in [-0.15, -0.1) is 22.7 Å². The number of ether oxygens (including phenoxy) is 1. The lowest BCUT2D eigenvalue weighted by molar-refractivity contribution is -0.134. The van der Waals surface area contributed by atoms with E-state index >= 15 is 0 Å². The Morgan fingerprint density at radius 3 is 3.00 bits per heavy atom. The summed E-state index contributed by atoms with van der Waals surface area (Å²) < 4.78 is 5.28. The van der Waals surface area contributed by atoms with Crippen LogP contribution >= 0.6 is 22.7 Å². The van der Waals surface area contributed by atoms with Crippen LogP contribution in [0.4, 0.5) is 5.13 Å². The van der Waals surface area contributed by atoms with E-state index in [9.17, 15) is 4.79 Å². The number of rotatable bonds is 5. The Balaban J connectivity index is 1.63. The first-order valence-corrected chi connectivity index (χ1v) is 9.10. The van der Waals surface area contributed by atoms with Gasteiger partial charge >= 0.3 is 0 Å². The number of amides is 1. The summed E-state index contributed by atoms with van der Waals surface area (Å²) in [6.45, 7) is 5.63. The van der Waals surface area contributed by atoms with Gasteiger partial charge in [0.1, 0.15) is 0 Å². The molecule has 7 heteroatoms. The second-order valence-electron chi connectivity index (χ2n) is 5.00. The van der Waals surface area contributed by atoms with Crippen LogP contribution in [0, 0.1) is 0 Å². The lowest BCUT2D eigenvalue weighted by Crippen LogP contribution is -2.41. The first kappa shape index (κ1) is 15.5. The number of morpholine rings is 1. The van der Waals surface area contributed by atoms with Crippen LogP contribution in [0.15, 0.2) is 17.5 Å². The van der Waals surface area contributed by atoms with Crippen molar-refractivity contribution in [2.75, 3.05) is 38.2 Å². The molecular weight excluding hydrogens is 318 g/mol. The average Bonchev–Trinajstić information content (AvgIpc) is 3.18. The number of hydrogen-bond acceptors (Lipinski definition) is 6. The highest BCUT2D eigenvalue weighted by atomic mass is 32.1. The maximum Gasteiger partial charge on any atom is 0.227 e. The van der Waals surface area contributed by atoms with Crippen LogP contribution in [0.3, 0.4) is 0 Å². The molecule has 3 rings (SSSR count). The van der Waals surface area contributed by atoms with Crippen LogP contribution in [0.2, 0.25) is 0 Å². The predicted molar refractivity (Wildman–Crippen MR) is 90.7 cm³/mol. The van der Waals surface area contributed by atoms with Gasteiger partial charge < -0.3 is 15.0 Å². The van der Waals surface area contributed by atoms with Gasteiger partial charge in [-0.05, 0) is 19.1 Å². The number of nitrogens with zero attached hydrogens (tertiary/aromatic N) is 2. The van der Waals surface area contributed by atoms with Crippen molar-refractivity contribution in [3.05, 3.63) is 22.4 Å². The molecule has 1 aliphatic rings. The normalized spacial score (nSPS) is 15.0. The molecule has 1 amide bonds. The smallest absolute Gasteiger partial charge is 0.227 e. The van der Waals surface area contributed by atoms with E-state index in [1.807, 2.05) is 11.0 Å². The first-order valence-electron chi connectivity index (χ1n) is 7.40. The zero-order chi connectivity index (χ0) is 15.4. The predicted octanol–water partition coefficient (Wildman–Crippen LogP) is 2.70. The van der Waals surface area contributed by atoms with Crippen LogP contribution in [0.1, 0.15) is 11.8 Å². The third-order valence-corrected chi connectivity index (χ3v) is 5.34. The summed E-state index contributed by atoms with van der Waals surface area (Å²) in [7, 11) is 0. The SMILES string of the molecule is CCNc1nc(-c2ccc(CC(=O)N3CCOCC3)s2)cs1. The zero-order valence-corrected chi connectivity index (χ0v) is 14.1. The Hall–Kier alpha value is -1.44. The second kappa shape index (κ2) is 7.21. The fourth-order valence-corrected chi connectivity index (χ4v) is 4.12. The summed E-state index contributed by atoms with van der Waals surface area (Å²) in [5.74, 6) is 0.184. The van der Waals surface area contributed by atoms with Gasteiger partial charge in [0.15, 0.2) is 5.13 Å². The van der Waals surface area contributed by atoms with Crippen LogP contribution in [0.5, 0.6) is 0 Å². The van der Waals surface area contributed by atoms with E-state index in [0.29, 0.717) is 32.7 Å². The molecule has 0 unspecified atom stereocenters. The van der Waals surface area contributed by atoms with E-state index in [-0.39, 0.29) is 5.91 Å². The maximum absolute atomic E-state index is 12.3. The summed E-state index contributed by atoms with van der Waals surface area (Å²) in [4.78, 5) is 20.9. The fraction of sp³-hybridized carbons (Fsp3) is 0.467. The molecule has 0 atom stereocenters. The first-order chi connectivity index (χ1) is 10.8. The van der Waals surface area contributed by atoms with Crippen LogP contribution in [-0.4, -0.2) is 48.6 Å². The Morgan fingerprint density at radius 2 is 2.23 bits per heavy atom. The van der Waals surface area contributed by atoms with Gasteiger partial charge in [-0.3, -0.25) is 4.79 Å². The molecule has 0 spiro atoms. The number of carbonyl (C=O) groups is 1. The van der Waals surface area contributed by atoms with Crippen molar-refractivity contribution in [2.45, 2.75) is 13.3 Å². The molecule has 0 bridgehead atoms. The van der Waals surface area contributed by atoms with E-state index in [1.54, 1.807) is 22.7 Å². The minimum absolute atomic E-state index is 0.184. The minimum Gasteiger partial charge on any atom is -0.378 e. The van der Waals surface area contributed by atoms with Gasteiger partial charge in [-0.1, -0.05) is 0 Å². The molecule has 0 aromatic carbocycles. The summed E-state index contributed by atoms with van der Waals surface area (Å²) >= 11 is 3.26. The Labute approximate surface area is 137 Å². The highest BCUT2D eigenvalue weighted by molar-refractivity contribution is 7.17. The van der Waals surface area contributed by atoms with Gasteiger partial charge in [0.2, 0.25) is 5.91 Å². The Morgan fingerprint density at radius 1 is 1.41 bits per heavy atom. The molecule has 0 saturated carbocycles. The topological polar surface area (TPSA) is 54.5 Å². The van der Waals surface area contributed by atoms with Crippen LogP contribution in [-0.2, 0) is 16.0 Å². The van der Waals surface area contributed by atoms with E-state index in [2.05, 4.69) is 28.7 Å². The molecule has 118 valence electrons. The molecule has 1 N–H and O–H groups in total. The van der Waals surface area contributed by atoms with Gasteiger partial charge in [0.05, 0.1) is 30.2 Å². The van der Waals surface area contributed by atoms with Crippen molar-refractivity contribution >= 4 is 33.7 Å². The Bertz CT molecular complexity index is 632. The molecule has 0 aliphatic carbocycles. The monoisotopic (exact) mass is 337 g/mol. The van der Waals surface area contributed by atoms with Crippen molar-refractivity contribution in [3.8, 4) is 10.6 Å². The average molecular weight is 337 g/mol. The zero-order valence-electron chi connectivity index (χ0n) is 12.5. The fourth-order valence-electron chi connectivity index (χ4n) is 2.30. The van der Waals surface area contributed by atoms with Crippen LogP contribution in [0.25, 0.3) is 10.6 Å². The number of anilines is 1. The number of carbonyl (C=O) groups excluding carboxylic acids is 1. The third-order valence-electron chi connectivity index (χ3n) is 3.44. The van der Waals surface area contributed by atoms with Crippen molar-refractivity contribution in [1.29, 1.82) is 0 Å².